The zero-order valence-corrected chi connectivity index (χ0v) is 10.8. The molecular formula is C11H11F3N4S. The minimum absolute atomic E-state index is 0.0187. The van der Waals surface area contributed by atoms with Crippen LogP contribution in [-0.4, -0.2) is 21.7 Å². The number of halogens is 3. The predicted molar refractivity (Wildman–Crippen MR) is 68.2 cm³/mol. The lowest BCUT2D eigenvalue weighted by atomic mass is 10.2. The van der Waals surface area contributed by atoms with Gasteiger partial charge in [0.1, 0.15) is 16.2 Å². The molecular weight excluding hydrogens is 277 g/mol. The van der Waals surface area contributed by atoms with Crippen LogP contribution in [0.1, 0.15) is 17.7 Å². The first-order chi connectivity index (χ1) is 8.81. The van der Waals surface area contributed by atoms with Gasteiger partial charge in [-0.2, -0.15) is 18.2 Å². The molecule has 2 heterocycles. The summed E-state index contributed by atoms with van der Waals surface area (Å²) in [6.07, 6.45) is -4.17. The molecule has 0 spiro atoms. The fourth-order valence-electron chi connectivity index (χ4n) is 1.98. The van der Waals surface area contributed by atoms with Crippen LogP contribution in [-0.2, 0) is 0 Å². The van der Waals surface area contributed by atoms with Gasteiger partial charge in [-0.25, -0.2) is 4.98 Å². The third-order valence-electron chi connectivity index (χ3n) is 3.18. The van der Waals surface area contributed by atoms with Crippen LogP contribution in [0.15, 0.2) is 6.07 Å². The molecule has 8 heteroatoms. The minimum Gasteiger partial charge on any atom is -0.368 e. The average Bonchev–Trinajstić information content (AvgIpc) is 2.95. The van der Waals surface area contributed by atoms with Crippen molar-refractivity contribution in [1.82, 2.24) is 9.97 Å². The fourth-order valence-corrected chi connectivity index (χ4v) is 2.87. The molecule has 0 amide bonds. The van der Waals surface area contributed by atoms with Crippen LogP contribution in [0.2, 0.25) is 0 Å². The van der Waals surface area contributed by atoms with E-state index in [0.29, 0.717) is 10.2 Å². The molecule has 4 nitrogen and oxygen atoms in total. The second-order valence-corrected chi connectivity index (χ2v) is 5.95. The largest absolute Gasteiger partial charge is 0.411 e. The number of nitrogens with zero attached hydrogens (tertiary/aromatic N) is 2. The predicted octanol–water partition coefficient (Wildman–Crippen LogP) is 3.09. The maximum absolute atomic E-state index is 13.0. The van der Waals surface area contributed by atoms with E-state index in [2.05, 4.69) is 15.3 Å². The van der Waals surface area contributed by atoms with Crippen LogP contribution >= 0.6 is 11.3 Å². The van der Waals surface area contributed by atoms with E-state index in [-0.39, 0.29) is 24.6 Å². The standard InChI is InChI=1S/C11H11F3N4S/c1-5-4-6-7(16-9(15)17-8(6)19-5)18-10(2-3-10)11(12,13)14/h4H,2-3H2,1H3,(H3,15,16,17,18). The molecule has 0 bridgehead atoms. The molecule has 3 N–H and O–H groups in total. The van der Waals surface area contributed by atoms with E-state index in [1.165, 1.54) is 11.3 Å². The molecule has 0 aliphatic heterocycles. The number of alkyl halides is 3. The molecule has 1 fully saturated rings. The minimum atomic E-state index is -4.29. The van der Waals surface area contributed by atoms with Gasteiger partial charge in [-0.05, 0) is 25.8 Å². The van der Waals surface area contributed by atoms with Crippen molar-refractivity contribution in [3.8, 4) is 0 Å². The van der Waals surface area contributed by atoms with Crippen LogP contribution in [0.25, 0.3) is 10.2 Å². The number of nitrogen functional groups attached to an aromatic ring is 1. The lowest BCUT2D eigenvalue weighted by Gasteiger charge is -2.21. The highest BCUT2D eigenvalue weighted by atomic mass is 32.1. The molecule has 2 aromatic heterocycles. The Bertz CT molecular complexity index is 645. The molecule has 3 rings (SSSR count). The first-order valence-corrected chi connectivity index (χ1v) is 6.51. The van der Waals surface area contributed by atoms with Crippen molar-refractivity contribution >= 4 is 33.3 Å². The molecule has 0 saturated heterocycles. The van der Waals surface area contributed by atoms with Gasteiger partial charge in [-0.15, -0.1) is 11.3 Å². The smallest absolute Gasteiger partial charge is 0.368 e. The molecule has 0 aromatic carbocycles. The van der Waals surface area contributed by atoms with Crippen molar-refractivity contribution in [3.05, 3.63) is 10.9 Å². The Labute approximate surface area is 110 Å². The quantitative estimate of drug-likeness (QED) is 0.891. The third kappa shape index (κ3) is 1.99. The van der Waals surface area contributed by atoms with Crippen molar-refractivity contribution in [2.45, 2.75) is 31.5 Å². The summed E-state index contributed by atoms with van der Waals surface area (Å²) in [5, 5.41) is 3.11. The van der Waals surface area contributed by atoms with E-state index in [1.807, 2.05) is 6.92 Å². The van der Waals surface area contributed by atoms with Crippen molar-refractivity contribution in [2.75, 3.05) is 11.1 Å². The van der Waals surface area contributed by atoms with Crippen LogP contribution in [0, 0.1) is 6.92 Å². The van der Waals surface area contributed by atoms with Crippen LogP contribution in [0.5, 0.6) is 0 Å². The van der Waals surface area contributed by atoms with Crippen molar-refractivity contribution in [3.63, 3.8) is 0 Å². The van der Waals surface area contributed by atoms with Gasteiger partial charge in [0.05, 0.1) is 5.39 Å². The van der Waals surface area contributed by atoms with Crippen LogP contribution in [0.4, 0.5) is 24.9 Å². The highest BCUT2D eigenvalue weighted by Crippen LogP contribution is 2.51. The molecule has 0 unspecified atom stereocenters. The number of fused-ring (bicyclic) bond motifs is 1. The number of aryl methyl sites for hydroxylation is 1. The molecule has 0 atom stereocenters. The Hall–Kier alpha value is -1.57. The summed E-state index contributed by atoms with van der Waals surface area (Å²) in [6.45, 7) is 1.86. The van der Waals surface area contributed by atoms with E-state index >= 15 is 0 Å². The van der Waals surface area contributed by atoms with Gasteiger partial charge in [-0.1, -0.05) is 0 Å². The van der Waals surface area contributed by atoms with Crippen LogP contribution < -0.4 is 11.1 Å². The van der Waals surface area contributed by atoms with Gasteiger partial charge in [0.25, 0.3) is 0 Å². The number of aromatic nitrogens is 2. The van der Waals surface area contributed by atoms with Gasteiger partial charge in [0, 0.05) is 4.88 Å². The first-order valence-electron chi connectivity index (χ1n) is 5.69. The Morgan fingerprint density at radius 3 is 2.63 bits per heavy atom. The summed E-state index contributed by atoms with van der Waals surface area (Å²) < 4.78 is 38.9. The summed E-state index contributed by atoms with van der Waals surface area (Å²) in [6, 6.07) is 1.77. The summed E-state index contributed by atoms with van der Waals surface area (Å²) in [5.74, 6) is 0.150. The highest BCUT2D eigenvalue weighted by molar-refractivity contribution is 7.18. The van der Waals surface area contributed by atoms with E-state index in [9.17, 15) is 13.2 Å². The molecule has 1 aliphatic rings. The zero-order valence-electron chi connectivity index (χ0n) is 10.0. The maximum atomic E-state index is 13.0. The van der Waals surface area contributed by atoms with Gasteiger partial charge in [-0.3, -0.25) is 0 Å². The monoisotopic (exact) mass is 288 g/mol. The SMILES string of the molecule is Cc1cc2c(NC3(C(F)(F)F)CC3)nc(N)nc2s1. The van der Waals surface area contributed by atoms with E-state index < -0.39 is 11.7 Å². The van der Waals surface area contributed by atoms with E-state index in [0.717, 1.165) is 4.88 Å². The number of thiophene rings is 1. The molecule has 2 aromatic rings. The summed E-state index contributed by atoms with van der Waals surface area (Å²) in [5.41, 5.74) is 3.69. The lowest BCUT2D eigenvalue weighted by molar-refractivity contribution is -0.151. The highest BCUT2D eigenvalue weighted by Gasteiger charge is 2.63. The second kappa shape index (κ2) is 3.72. The number of nitrogens with one attached hydrogen (secondary N) is 1. The van der Waals surface area contributed by atoms with Crippen molar-refractivity contribution in [1.29, 1.82) is 0 Å². The Morgan fingerprint density at radius 1 is 1.37 bits per heavy atom. The van der Waals surface area contributed by atoms with Gasteiger partial charge >= 0.3 is 6.18 Å². The van der Waals surface area contributed by atoms with E-state index in [4.69, 9.17) is 5.73 Å². The maximum Gasteiger partial charge on any atom is 0.411 e. The summed E-state index contributed by atoms with van der Waals surface area (Å²) in [7, 11) is 0. The first kappa shape index (κ1) is 12.5. The molecule has 1 aliphatic carbocycles. The van der Waals surface area contributed by atoms with Gasteiger partial charge < -0.3 is 11.1 Å². The van der Waals surface area contributed by atoms with E-state index in [1.54, 1.807) is 6.07 Å². The summed E-state index contributed by atoms with van der Waals surface area (Å²) in [4.78, 5) is 9.51. The Balaban J connectivity index is 2.06. The van der Waals surface area contributed by atoms with Crippen molar-refractivity contribution < 1.29 is 13.2 Å². The van der Waals surface area contributed by atoms with Gasteiger partial charge in [0.2, 0.25) is 5.95 Å². The fraction of sp³-hybridized carbons (Fsp3) is 0.455. The molecule has 1 saturated carbocycles. The average molecular weight is 288 g/mol. The number of rotatable bonds is 2. The van der Waals surface area contributed by atoms with Gasteiger partial charge in [0.15, 0.2) is 0 Å². The number of anilines is 2. The molecule has 0 radical (unpaired) electrons. The zero-order chi connectivity index (χ0) is 13.8. The lowest BCUT2D eigenvalue weighted by Crippen LogP contribution is -2.39. The normalized spacial score (nSPS) is 17.7. The third-order valence-corrected chi connectivity index (χ3v) is 4.13. The molecule has 19 heavy (non-hydrogen) atoms. The number of hydrogen-bond acceptors (Lipinski definition) is 5. The molecule has 102 valence electrons. The number of nitrogens with two attached hydrogens (primary N) is 1. The Morgan fingerprint density at radius 2 is 2.05 bits per heavy atom. The second-order valence-electron chi connectivity index (χ2n) is 4.71. The number of hydrogen-bond donors (Lipinski definition) is 2. The Kier molecular flexibility index (Phi) is 2.44. The van der Waals surface area contributed by atoms with Crippen LogP contribution in [0.3, 0.4) is 0 Å². The van der Waals surface area contributed by atoms with Crippen molar-refractivity contribution in [2.24, 2.45) is 0 Å². The summed E-state index contributed by atoms with van der Waals surface area (Å²) >= 11 is 1.38. The topological polar surface area (TPSA) is 63.8 Å².